The van der Waals surface area contributed by atoms with Crippen molar-refractivity contribution in [1.82, 2.24) is 9.55 Å². The molecule has 2 rings (SSSR count). The predicted molar refractivity (Wildman–Crippen MR) is 79.2 cm³/mol. The van der Waals surface area contributed by atoms with Crippen molar-refractivity contribution >= 4 is 15.7 Å². The molecule has 21 heavy (non-hydrogen) atoms. The first-order valence-electron chi connectivity index (χ1n) is 6.13. The summed E-state index contributed by atoms with van der Waals surface area (Å²) in [4.78, 5) is 3.83. The van der Waals surface area contributed by atoms with Crippen LogP contribution in [-0.2, 0) is 17.1 Å². The van der Waals surface area contributed by atoms with E-state index in [4.69, 9.17) is 5.11 Å². The molecule has 0 atom stereocenters. The molecule has 110 valence electrons. The van der Waals surface area contributed by atoms with Gasteiger partial charge in [0.15, 0.2) is 5.03 Å². The smallest absolute Gasteiger partial charge is 0.280 e. The van der Waals surface area contributed by atoms with E-state index in [1.807, 2.05) is 13.0 Å². The highest BCUT2D eigenvalue weighted by atomic mass is 32.2. The second-order valence-corrected chi connectivity index (χ2v) is 6.12. The van der Waals surface area contributed by atoms with Gasteiger partial charge in [-0.05, 0) is 24.6 Å². The van der Waals surface area contributed by atoms with Gasteiger partial charge in [-0.15, -0.1) is 0 Å². The molecule has 6 nitrogen and oxygen atoms in total. The summed E-state index contributed by atoms with van der Waals surface area (Å²) in [6.07, 6.45) is 2.83. The molecule has 1 aromatic heterocycles. The molecule has 0 saturated carbocycles. The molecule has 0 saturated heterocycles. The van der Waals surface area contributed by atoms with Crippen molar-refractivity contribution in [2.75, 3.05) is 11.3 Å². The molecule has 0 fully saturated rings. The molecule has 2 aromatic rings. The zero-order valence-corrected chi connectivity index (χ0v) is 12.5. The number of hydrogen-bond donors (Lipinski definition) is 2. The van der Waals surface area contributed by atoms with Crippen molar-refractivity contribution in [3.63, 3.8) is 0 Å². The Bertz CT molecular complexity index is 813. The van der Waals surface area contributed by atoms with Crippen molar-refractivity contribution in [3.8, 4) is 11.8 Å². The van der Waals surface area contributed by atoms with Gasteiger partial charge in [-0.2, -0.15) is 8.42 Å². The highest BCUT2D eigenvalue weighted by molar-refractivity contribution is 7.92. The first kappa shape index (κ1) is 15.1. The molecule has 1 aromatic carbocycles. The molecule has 0 aliphatic rings. The monoisotopic (exact) mass is 305 g/mol. The van der Waals surface area contributed by atoms with Gasteiger partial charge in [0, 0.05) is 18.8 Å². The van der Waals surface area contributed by atoms with E-state index in [-0.39, 0.29) is 11.6 Å². The van der Waals surface area contributed by atoms with Crippen molar-refractivity contribution in [1.29, 1.82) is 0 Å². The van der Waals surface area contributed by atoms with Crippen LogP contribution < -0.4 is 4.72 Å². The third-order valence-corrected chi connectivity index (χ3v) is 3.93. The number of sulfonamides is 1. The first-order valence-corrected chi connectivity index (χ1v) is 7.62. The van der Waals surface area contributed by atoms with Gasteiger partial charge in [-0.25, -0.2) is 4.98 Å². The van der Waals surface area contributed by atoms with E-state index in [0.717, 1.165) is 5.56 Å². The van der Waals surface area contributed by atoms with Crippen LogP contribution in [0.1, 0.15) is 11.1 Å². The summed E-state index contributed by atoms with van der Waals surface area (Å²) in [7, 11) is -2.08. The van der Waals surface area contributed by atoms with Crippen LogP contribution in [0, 0.1) is 18.8 Å². The molecular formula is C14H15N3O3S. The normalized spacial score (nSPS) is 10.8. The first-order chi connectivity index (χ1) is 9.92. The second kappa shape index (κ2) is 5.99. The predicted octanol–water partition coefficient (Wildman–Crippen LogP) is 0.873. The zero-order chi connectivity index (χ0) is 15.5. The molecule has 0 aliphatic heterocycles. The summed E-state index contributed by atoms with van der Waals surface area (Å²) in [6, 6.07) is 5.20. The number of aliphatic hydroxyl groups is 1. The molecule has 0 bridgehead atoms. The minimum absolute atomic E-state index is 0.0624. The molecule has 0 amide bonds. The zero-order valence-electron chi connectivity index (χ0n) is 11.7. The van der Waals surface area contributed by atoms with E-state index in [9.17, 15) is 8.42 Å². The van der Waals surface area contributed by atoms with Gasteiger partial charge in [0.05, 0.1) is 12.0 Å². The SMILES string of the molecule is Cc1ccc(C#CCO)c(NS(=O)(=O)c2cn(C)cn2)c1. The van der Waals surface area contributed by atoms with E-state index in [0.29, 0.717) is 11.3 Å². The van der Waals surface area contributed by atoms with Gasteiger partial charge in [-0.3, -0.25) is 4.72 Å². The van der Waals surface area contributed by atoms with E-state index in [2.05, 4.69) is 21.5 Å². The van der Waals surface area contributed by atoms with E-state index in [1.165, 1.54) is 12.5 Å². The molecule has 1 heterocycles. The Morgan fingerprint density at radius 2 is 2.19 bits per heavy atom. The van der Waals surface area contributed by atoms with Crippen LogP contribution in [0.15, 0.2) is 35.7 Å². The largest absolute Gasteiger partial charge is 0.384 e. The van der Waals surface area contributed by atoms with Crippen LogP contribution in [0.3, 0.4) is 0 Å². The van der Waals surface area contributed by atoms with Gasteiger partial charge < -0.3 is 9.67 Å². The lowest BCUT2D eigenvalue weighted by molar-refractivity contribution is 0.350. The average molecular weight is 305 g/mol. The fourth-order valence-corrected chi connectivity index (χ4v) is 2.76. The third-order valence-electron chi connectivity index (χ3n) is 2.68. The van der Waals surface area contributed by atoms with E-state index >= 15 is 0 Å². The minimum atomic E-state index is -3.77. The second-order valence-electron chi connectivity index (χ2n) is 4.49. The van der Waals surface area contributed by atoms with Gasteiger partial charge in [0.25, 0.3) is 10.0 Å². The number of hydrogen-bond acceptors (Lipinski definition) is 4. The van der Waals surface area contributed by atoms with Crippen molar-refractivity contribution in [3.05, 3.63) is 41.9 Å². The Morgan fingerprint density at radius 1 is 1.43 bits per heavy atom. The topological polar surface area (TPSA) is 84.2 Å². The molecule has 0 radical (unpaired) electrons. The Morgan fingerprint density at radius 3 is 2.81 bits per heavy atom. The van der Waals surface area contributed by atoms with E-state index < -0.39 is 10.0 Å². The molecular weight excluding hydrogens is 290 g/mol. The maximum absolute atomic E-state index is 12.3. The summed E-state index contributed by atoms with van der Waals surface area (Å²) < 4.78 is 28.6. The fraction of sp³-hybridized carbons (Fsp3) is 0.214. The number of aromatic nitrogens is 2. The lowest BCUT2D eigenvalue weighted by atomic mass is 10.1. The lowest BCUT2D eigenvalue weighted by Crippen LogP contribution is -2.14. The maximum atomic E-state index is 12.3. The van der Waals surface area contributed by atoms with Gasteiger partial charge in [0.2, 0.25) is 0 Å². The summed E-state index contributed by atoms with van der Waals surface area (Å²) in [5.74, 6) is 5.22. The Kier molecular flexibility index (Phi) is 4.31. The number of aryl methyl sites for hydroxylation is 2. The number of aliphatic hydroxyl groups excluding tert-OH is 1. The van der Waals surface area contributed by atoms with Crippen molar-refractivity contribution in [2.24, 2.45) is 7.05 Å². The van der Waals surface area contributed by atoms with Crippen LogP contribution >= 0.6 is 0 Å². The number of nitrogens with one attached hydrogen (secondary N) is 1. The molecule has 0 unspecified atom stereocenters. The molecule has 0 aliphatic carbocycles. The summed E-state index contributed by atoms with van der Waals surface area (Å²) in [5.41, 5.74) is 1.75. The number of anilines is 1. The summed E-state index contributed by atoms with van der Waals surface area (Å²) in [6.45, 7) is 1.56. The van der Waals surface area contributed by atoms with Crippen LogP contribution in [0.2, 0.25) is 0 Å². The lowest BCUT2D eigenvalue weighted by Gasteiger charge is -2.09. The number of benzene rings is 1. The summed E-state index contributed by atoms with van der Waals surface area (Å²) >= 11 is 0. The Balaban J connectivity index is 2.41. The van der Waals surface area contributed by atoms with Gasteiger partial charge in [0.1, 0.15) is 6.61 Å². The van der Waals surface area contributed by atoms with Crippen LogP contribution in [-0.4, -0.2) is 29.7 Å². The highest BCUT2D eigenvalue weighted by Gasteiger charge is 2.18. The maximum Gasteiger partial charge on any atom is 0.280 e. The molecule has 7 heteroatoms. The van der Waals surface area contributed by atoms with Crippen LogP contribution in [0.25, 0.3) is 0 Å². The average Bonchev–Trinajstić information content (AvgIpc) is 2.85. The minimum Gasteiger partial charge on any atom is -0.384 e. The molecule has 2 N–H and O–H groups in total. The van der Waals surface area contributed by atoms with Crippen molar-refractivity contribution < 1.29 is 13.5 Å². The van der Waals surface area contributed by atoms with Gasteiger partial charge >= 0.3 is 0 Å². The standard InChI is InChI=1S/C14H15N3O3S/c1-11-5-6-12(4-3-7-18)13(8-11)16-21(19,20)14-9-17(2)10-15-14/h5-6,8-10,16,18H,7H2,1-2H3. The number of imidazole rings is 1. The third kappa shape index (κ3) is 3.62. The Labute approximate surface area is 123 Å². The van der Waals surface area contributed by atoms with Gasteiger partial charge in [-0.1, -0.05) is 17.9 Å². The quantitative estimate of drug-likeness (QED) is 0.824. The number of rotatable bonds is 3. The number of nitrogens with zero attached hydrogens (tertiary/aromatic N) is 2. The van der Waals surface area contributed by atoms with Crippen molar-refractivity contribution in [2.45, 2.75) is 11.9 Å². The van der Waals surface area contributed by atoms with Crippen LogP contribution in [0.5, 0.6) is 0 Å². The van der Waals surface area contributed by atoms with Crippen LogP contribution in [0.4, 0.5) is 5.69 Å². The van der Waals surface area contributed by atoms with E-state index in [1.54, 1.807) is 23.7 Å². The molecule has 0 spiro atoms. The summed E-state index contributed by atoms with van der Waals surface area (Å²) in [5, 5.41) is 8.70. The fourth-order valence-electron chi connectivity index (χ4n) is 1.71. The Hall–Kier alpha value is -2.30. The highest BCUT2D eigenvalue weighted by Crippen LogP contribution is 2.20.